The normalized spacial score (nSPS) is 24.3. The maximum Gasteiger partial charge on any atom is 0.240 e. The average Bonchev–Trinajstić information content (AvgIpc) is 2.37. The van der Waals surface area contributed by atoms with E-state index in [1.807, 2.05) is 0 Å². The summed E-state index contributed by atoms with van der Waals surface area (Å²) < 4.78 is 26.7. The minimum Gasteiger partial charge on any atom is -0.393 e. The number of halogens is 1. The molecule has 6 heteroatoms. The first-order valence-electron chi connectivity index (χ1n) is 6.40. The van der Waals surface area contributed by atoms with Crippen LogP contribution in [-0.4, -0.2) is 26.2 Å². The molecule has 1 aromatic rings. The zero-order chi connectivity index (χ0) is 13.9. The maximum atomic E-state index is 12.1. The lowest BCUT2D eigenvalue weighted by molar-refractivity contribution is 0.102. The molecule has 0 heterocycles. The quantitative estimate of drug-likeness (QED) is 0.896. The fourth-order valence-corrected chi connectivity index (χ4v) is 3.81. The zero-order valence-electron chi connectivity index (χ0n) is 10.5. The molecular weight excluding hydrogens is 286 g/mol. The highest BCUT2D eigenvalue weighted by molar-refractivity contribution is 7.89. The molecule has 1 aliphatic rings. The van der Waals surface area contributed by atoms with E-state index in [1.54, 1.807) is 12.1 Å². The molecule has 0 amide bonds. The Morgan fingerprint density at radius 3 is 2.84 bits per heavy atom. The number of nitrogens with one attached hydrogen (secondary N) is 1. The third kappa shape index (κ3) is 4.18. The molecule has 106 valence electrons. The topological polar surface area (TPSA) is 66.4 Å². The molecule has 0 aliphatic heterocycles. The van der Waals surface area contributed by atoms with Gasteiger partial charge in [0.25, 0.3) is 0 Å². The summed E-state index contributed by atoms with van der Waals surface area (Å²) in [5.74, 6) is 0.206. The lowest BCUT2D eigenvalue weighted by atomic mass is 9.87. The lowest BCUT2D eigenvalue weighted by Crippen LogP contribution is -2.33. The molecule has 0 saturated heterocycles. The Bertz CT molecular complexity index is 532. The third-order valence-corrected chi connectivity index (χ3v) is 5.08. The summed E-state index contributed by atoms with van der Waals surface area (Å²) in [6.07, 6.45) is 3.09. The van der Waals surface area contributed by atoms with Gasteiger partial charge >= 0.3 is 0 Å². The van der Waals surface area contributed by atoms with Crippen molar-refractivity contribution >= 4 is 21.6 Å². The van der Waals surface area contributed by atoms with Gasteiger partial charge in [0.05, 0.1) is 11.0 Å². The van der Waals surface area contributed by atoms with Crippen molar-refractivity contribution in [2.24, 2.45) is 5.92 Å². The Morgan fingerprint density at radius 1 is 1.37 bits per heavy atom. The predicted octanol–water partition coefficient (Wildman–Crippen LogP) is 2.17. The van der Waals surface area contributed by atoms with Crippen LogP contribution < -0.4 is 4.72 Å². The second kappa shape index (κ2) is 6.22. The zero-order valence-corrected chi connectivity index (χ0v) is 12.1. The van der Waals surface area contributed by atoms with E-state index in [-0.39, 0.29) is 16.9 Å². The molecule has 0 bridgehead atoms. The smallest absolute Gasteiger partial charge is 0.240 e. The van der Waals surface area contributed by atoms with Crippen molar-refractivity contribution in [3.8, 4) is 0 Å². The van der Waals surface area contributed by atoms with E-state index in [9.17, 15) is 13.5 Å². The molecule has 2 unspecified atom stereocenters. The van der Waals surface area contributed by atoms with Crippen LogP contribution in [0.4, 0.5) is 0 Å². The van der Waals surface area contributed by atoms with E-state index in [2.05, 4.69) is 4.72 Å². The van der Waals surface area contributed by atoms with Crippen molar-refractivity contribution in [3.63, 3.8) is 0 Å². The third-order valence-electron chi connectivity index (χ3n) is 3.42. The minimum atomic E-state index is -3.52. The van der Waals surface area contributed by atoms with Crippen molar-refractivity contribution < 1.29 is 13.5 Å². The molecule has 4 nitrogen and oxygen atoms in total. The summed E-state index contributed by atoms with van der Waals surface area (Å²) in [7, 11) is -3.52. The molecule has 2 N–H and O–H groups in total. The van der Waals surface area contributed by atoms with Crippen LogP contribution in [0.15, 0.2) is 29.2 Å². The summed E-state index contributed by atoms with van der Waals surface area (Å²) >= 11 is 5.79. The molecule has 0 aromatic heterocycles. The van der Waals surface area contributed by atoms with Gasteiger partial charge < -0.3 is 5.11 Å². The Morgan fingerprint density at radius 2 is 2.16 bits per heavy atom. The van der Waals surface area contributed by atoms with Gasteiger partial charge in [-0.3, -0.25) is 0 Å². The second-order valence-corrected chi connectivity index (χ2v) is 7.20. The van der Waals surface area contributed by atoms with Crippen LogP contribution in [0.3, 0.4) is 0 Å². The first kappa shape index (κ1) is 14.8. The Kier molecular flexibility index (Phi) is 4.84. The molecule has 0 radical (unpaired) electrons. The lowest BCUT2D eigenvalue weighted by Gasteiger charge is -2.25. The average molecular weight is 304 g/mol. The molecule has 1 fully saturated rings. The van der Waals surface area contributed by atoms with Gasteiger partial charge in [-0.25, -0.2) is 13.1 Å². The highest BCUT2D eigenvalue weighted by Crippen LogP contribution is 2.24. The number of rotatable bonds is 4. The highest BCUT2D eigenvalue weighted by Gasteiger charge is 2.22. The van der Waals surface area contributed by atoms with Gasteiger partial charge in [0.2, 0.25) is 10.0 Å². The van der Waals surface area contributed by atoms with Crippen LogP contribution >= 0.6 is 11.6 Å². The SMILES string of the molecule is O=S(=O)(NCC1CCCC(O)C1)c1cccc(Cl)c1. The van der Waals surface area contributed by atoms with Gasteiger partial charge in [-0.05, 0) is 43.4 Å². The second-order valence-electron chi connectivity index (χ2n) is 5.00. The van der Waals surface area contributed by atoms with Crippen molar-refractivity contribution in [1.82, 2.24) is 4.72 Å². The van der Waals surface area contributed by atoms with E-state index in [4.69, 9.17) is 11.6 Å². The van der Waals surface area contributed by atoms with Gasteiger partial charge in [0.15, 0.2) is 0 Å². The van der Waals surface area contributed by atoms with Crippen LogP contribution in [0.5, 0.6) is 0 Å². The fourth-order valence-electron chi connectivity index (χ4n) is 2.39. The van der Waals surface area contributed by atoms with E-state index < -0.39 is 10.0 Å². The van der Waals surface area contributed by atoms with Gasteiger partial charge in [0, 0.05) is 11.6 Å². The van der Waals surface area contributed by atoms with E-state index in [0.717, 1.165) is 19.3 Å². The molecule has 1 saturated carbocycles. The molecule has 2 rings (SSSR count). The van der Waals surface area contributed by atoms with E-state index in [0.29, 0.717) is 18.0 Å². The number of hydrogen-bond donors (Lipinski definition) is 2. The molecule has 19 heavy (non-hydrogen) atoms. The highest BCUT2D eigenvalue weighted by atomic mass is 35.5. The monoisotopic (exact) mass is 303 g/mol. The summed E-state index contributed by atoms with van der Waals surface area (Å²) in [5, 5.41) is 9.97. The van der Waals surface area contributed by atoms with Gasteiger partial charge in [-0.1, -0.05) is 24.1 Å². The van der Waals surface area contributed by atoms with Crippen molar-refractivity contribution in [2.45, 2.75) is 36.7 Å². The number of sulfonamides is 1. The van der Waals surface area contributed by atoms with Crippen LogP contribution in [-0.2, 0) is 10.0 Å². The molecular formula is C13H18ClNO3S. The molecule has 0 spiro atoms. The maximum absolute atomic E-state index is 12.1. The summed E-state index contributed by atoms with van der Waals surface area (Å²) in [5.41, 5.74) is 0. The van der Waals surface area contributed by atoms with Crippen LogP contribution in [0, 0.1) is 5.92 Å². The van der Waals surface area contributed by atoms with Gasteiger partial charge in [-0.15, -0.1) is 0 Å². The number of aliphatic hydroxyl groups is 1. The number of benzene rings is 1. The van der Waals surface area contributed by atoms with Crippen molar-refractivity contribution in [2.75, 3.05) is 6.54 Å². The summed E-state index contributed by atoms with van der Waals surface area (Å²) in [6, 6.07) is 6.20. The summed E-state index contributed by atoms with van der Waals surface area (Å²) in [4.78, 5) is 0.177. The number of hydrogen-bond acceptors (Lipinski definition) is 3. The largest absolute Gasteiger partial charge is 0.393 e. The van der Waals surface area contributed by atoms with Crippen LogP contribution in [0.1, 0.15) is 25.7 Å². The minimum absolute atomic E-state index is 0.177. The van der Waals surface area contributed by atoms with Crippen LogP contribution in [0.25, 0.3) is 0 Å². The molecule has 1 aliphatic carbocycles. The van der Waals surface area contributed by atoms with Gasteiger partial charge in [-0.2, -0.15) is 0 Å². The first-order chi connectivity index (χ1) is 8.97. The summed E-state index contributed by atoms with van der Waals surface area (Å²) in [6.45, 7) is 0.367. The van der Waals surface area contributed by atoms with E-state index in [1.165, 1.54) is 12.1 Å². The Labute approximate surface area is 118 Å². The van der Waals surface area contributed by atoms with Crippen LogP contribution in [0.2, 0.25) is 5.02 Å². The Balaban J connectivity index is 1.98. The Hall–Kier alpha value is -0.620. The first-order valence-corrected chi connectivity index (χ1v) is 8.27. The number of aliphatic hydroxyl groups excluding tert-OH is 1. The molecule has 2 atom stereocenters. The predicted molar refractivity (Wildman–Crippen MR) is 74.6 cm³/mol. The van der Waals surface area contributed by atoms with Crippen molar-refractivity contribution in [3.05, 3.63) is 29.3 Å². The molecule has 1 aromatic carbocycles. The van der Waals surface area contributed by atoms with E-state index >= 15 is 0 Å². The van der Waals surface area contributed by atoms with Gasteiger partial charge in [0.1, 0.15) is 0 Å². The standard InChI is InChI=1S/C13H18ClNO3S/c14-11-4-2-6-13(8-11)19(17,18)15-9-10-3-1-5-12(16)7-10/h2,4,6,8,10,12,15-16H,1,3,5,7,9H2. The van der Waals surface area contributed by atoms with Crippen molar-refractivity contribution in [1.29, 1.82) is 0 Å². The fraction of sp³-hybridized carbons (Fsp3) is 0.538.